The maximum absolute atomic E-state index is 6.30. The van der Waals surface area contributed by atoms with Crippen molar-refractivity contribution in [2.75, 3.05) is 14.2 Å². The Morgan fingerprint density at radius 2 is 1.48 bits per heavy atom. The minimum atomic E-state index is -0.482. The highest BCUT2D eigenvalue weighted by atomic mass is 31.1. The largest absolute Gasteiger partial charge is 0.498 e. The van der Waals surface area contributed by atoms with E-state index in [0.717, 1.165) is 23.5 Å². The summed E-state index contributed by atoms with van der Waals surface area (Å²) in [5, 5.41) is 1.60. The van der Waals surface area contributed by atoms with Gasteiger partial charge in [0, 0.05) is 13.5 Å². The summed E-state index contributed by atoms with van der Waals surface area (Å²) >= 11 is 0. The average molecular weight is 413 g/mol. The molecular formula is C26H37O2P. The lowest BCUT2D eigenvalue weighted by Gasteiger charge is -2.43. The third kappa shape index (κ3) is 4.21. The lowest BCUT2D eigenvalue weighted by molar-refractivity contribution is -0.0221. The Morgan fingerprint density at radius 3 is 2.07 bits per heavy atom. The molecule has 29 heavy (non-hydrogen) atoms. The van der Waals surface area contributed by atoms with Gasteiger partial charge in [-0.25, -0.2) is 0 Å². The third-order valence-electron chi connectivity index (χ3n) is 7.31. The van der Waals surface area contributed by atoms with Crippen LogP contribution in [0.1, 0.15) is 76.2 Å². The zero-order chi connectivity index (χ0) is 20.1. The van der Waals surface area contributed by atoms with Gasteiger partial charge in [-0.15, -0.1) is 0 Å². The standard InChI is InChI=1S/C26H37O2P/c1-27-25-19-11-12-20-26(25,28-2)23-17-9-10-18-24(23)29(21-13-5-3-6-14-21)22-15-7-4-8-16-22/h9-12,17-19,21-22H,3-8,13-16,20H2,1-2H3. The van der Waals surface area contributed by atoms with E-state index in [4.69, 9.17) is 9.47 Å². The van der Waals surface area contributed by atoms with E-state index in [1.807, 2.05) is 7.11 Å². The smallest absolute Gasteiger partial charge is 0.153 e. The van der Waals surface area contributed by atoms with Gasteiger partial charge < -0.3 is 9.47 Å². The SMILES string of the molecule is COC1=CC=CCC1(OC)c1ccccc1P(C1CCCCC1)C1CCCCC1. The molecule has 4 rings (SSSR count). The summed E-state index contributed by atoms with van der Waals surface area (Å²) < 4.78 is 12.2. The molecule has 3 aliphatic carbocycles. The second-order valence-corrected chi connectivity index (χ2v) is 11.7. The molecule has 3 aliphatic rings. The first-order valence-electron chi connectivity index (χ1n) is 11.6. The van der Waals surface area contributed by atoms with Crippen LogP contribution < -0.4 is 5.30 Å². The van der Waals surface area contributed by atoms with Gasteiger partial charge in [-0.05, 0) is 53.9 Å². The van der Waals surface area contributed by atoms with Crippen LogP contribution in [0.4, 0.5) is 0 Å². The van der Waals surface area contributed by atoms with Crippen LogP contribution in [-0.2, 0) is 15.1 Å². The van der Waals surface area contributed by atoms with Gasteiger partial charge in [0.1, 0.15) is 5.76 Å². The van der Waals surface area contributed by atoms with Crippen molar-refractivity contribution in [3.8, 4) is 0 Å². The van der Waals surface area contributed by atoms with Gasteiger partial charge in [0.25, 0.3) is 0 Å². The van der Waals surface area contributed by atoms with Gasteiger partial charge in [-0.2, -0.15) is 0 Å². The Kier molecular flexibility index (Phi) is 7.14. The van der Waals surface area contributed by atoms with Crippen LogP contribution in [-0.4, -0.2) is 25.5 Å². The van der Waals surface area contributed by atoms with Crippen molar-refractivity contribution < 1.29 is 9.47 Å². The normalized spacial score (nSPS) is 26.5. The molecule has 1 aromatic carbocycles. The summed E-state index contributed by atoms with van der Waals surface area (Å²) in [4.78, 5) is 0. The van der Waals surface area contributed by atoms with Gasteiger partial charge in [-0.1, -0.05) is 82.9 Å². The van der Waals surface area contributed by atoms with Crippen LogP contribution in [0, 0.1) is 0 Å². The van der Waals surface area contributed by atoms with E-state index < -0.39 is 5.60 Å². The predicted molar refractivity (Wildman–Crippen MR) is 124 cm³/mol. The molecule has 1 aromatic rings. The van der Waals surface area contributed by atoms with Crippen molar-refractivity contribution in [2.45, 2.75) is 87.5 Å². The van der Waals surface area contributed by atoms with Crippen molar-refractivity contribution in [2.24, 2.45) is 0 Å². The zero-order valence-electron chi connectivity index (χ0n) is 18.2. The van der Waals surface area contributed by atoms with Crippen LogP contribution in [0.5, 0.6) is 0 Å². The molecule has 0 saturated heterocycles. The maximum atomic E-state index is 6.30. The summed E-state index contributed by atoms with van der Waals surface area (Å²) in [6.45, 7) is 0. The van der Waals surface area contributed by atoms with Crippen molar-refractivity contribution in [1.29, 1.82) is 0 Å². The molecule has 1 atom stereocenters. The van der Waals surface area contributed by atoms with Gasteiger partial charge in [0.15, 0.2) is 5.60 Å². The second-order valence-electron chi connectivity index (χ2n) is 8.91. The molecule has 2 nitrogen and oxygen atoms in total. The second kappa shape index (κ2) is 9.80. The van der Waals surface area contributed by atoms with E-state index in [-0.39, 0.29) is 7.92 Å². The molecular weight excluding hydrogens is 375 g/mol. The number of benzene rings is 1. The van der Waals surface area contributed by atoms with E-state index in [1.165, 1.54) is 69.8 Å². The van der Waals surface area contributed by atoms with Crippen LogP contribution in [0.15, 0.2) is 48.3 Å². The van der Waals surface area contributed by atoms with Gasteiger partial charge in [-0.3, -0.25) is 0 Å². The quantitative estimate of drug-likeness (QED) is 0.479. The molecule has 0 amide bonds. The third-order valence-corrected chi connectivity index (χ3v) is 10.9. The van der Waals surface area contributed by atoms with Crippen LogP contribution in [0.3, 0.4) is 0 Å². The van der Waals surface area contributed by atoms with Crippen molar-refractivity contribution >= 4 is 13.2 Å². The van der Waals surface area contributed by atoms with Crippen LogP contribution in [0.25, 0.3) is 0 Å². The van der Waals surface area contributed by atoms with Gasteiger partial charge in [0.05, 0.1) is 7.11 Å². The number of rotatable bonds is 6. The molecule has 0 aromatic heterocycles. The Balaban J connectivity index is 1.79. The molecule has 0 radical (unpaired) electrons. The number of hydrogen-bond donors (Lipinski definition) is 0. The first kappa shape index (κ1) is 21.1. The van der Waals surface area contributed by atoms with Gasteiger partial charge in [0.2, 0.25) is 0 Å². The summed E-state index contributed by atoms with van der Waals surface area (Å²) in [6, 6.07) is 9.22. The van der Waals surface area contributed by atoms with Crippen LogP contribution in [0.2, 0.25) is 0 Å². The summed E-state index contributed by atoms with van der Waals surface area (Å²) in [5.74, 6) is 0.942. The highest BCUT2D eigenvalue weighted by Crippen LogP contribution is 2.57. The fourth-order valence-corrected chi connectivity index (χ4v) is 9.86. The minimum Gasteiger partial charge on any atom is -0.498 e. The highest BCUT2D eigenvalue weighted by Gasteiger charge is 2.43. The topological polar surface area (TPSA) is 18.5 Å². The minimum absolute atomic E-state index is 0.186. The molecule has 0 heterocycles. The first-order chi connectivity index (χ1) is 14.3. The maximum Gasteiger partial charge on any atom is 0.153 e. The number of methoxy groups -OCH3 is 2. The average Bonchev–Trinajstić information content (AvgIpc) is 2.81. The highest BCUT2D eigenvalue weighted by molar-refractivity contribution is 7.67. The number of ether oxygens (including phenoxy) is 2. The molecule has 0 spiro atoms. The van der Waals surface area contributed by atoms with Gasteiger partial charge >= 0.3 is 0 Å². The van der Waals surface area contributed by atoms with E-state index in [9.17, 15) is 0 Å². The van der Waals surface area contributed by atoms with Crippen molar-refractivity contribution in [3.63, 3.8) is 0 Å². The monoisotopic (exact) mass is 412 g/mol. The van der Waals surface area contributed by atoms with Crippen molar-refractivity contribution in [3.05, 3.63) is 53.8 Å². The predicted octanol–water partition coefficient (Wildman–Crippen LogP) is 6.79. The fraction of sp³-hybridized carbons (Fsp3) is 0.615. The Morgan fingerprint density at radius 1 is 0.862 bits per heavy atom. The summed E-state index contributed by atoms with van der Waals surface area (Å²) in [5.41, 5.74) is 2.64. The Labute approximate surface area is 178 Å². The molecule has 0 aliphatic heterocycles. The molecule has 1 unspecified atom stereocenters. The number of allylic oxidation sites excluding steroid dienone is 2. The molecule has 158 valence electrons. The van der Waals surface area contributed by atoms with Crippen LogP contribution >= 0.6 is 7.92 Å². The Hall–Kier alpha value is -1.11. The zero-order valence-corrected chi connectivity index (χ0v) is 19.1. The lowest BCUT2D eigenvalue weighted by atomic mass is 9.85. The van der Waals surface area contributed by atoms with E-state index in [1.54, 1.807) is 12.4 Å². The lowest BCUT2D eigenvalue weighted by Crippen LogP contribution is -2.39. The number of hydrogen-bond acceptors (Lipinski definition) is 2. The molecule has 3 heteroatoms. The molecule has 0 bridgehead atoms. The van der Waals surface area contributed by atoms with E-state index in [2.05, 4.69) is 42.5 Å². The molecule has 2 fully saturated rings. The summed E-state index contributed by atoms with van der Waals surface area (Å²) in [6.07, 6.45) is 21.5. The fourth-order valence-electron chi connectivity index (χ4n) is 5.84. The summed E-state index contributed by atoms with van der Waals surface area (Å²) in [7, 11) is 3.45. The molecule has 0 N–H and O–H groups in total. The van der Waals surface area contributed by atoms with Crippen molar-refractivity contribution in [1.82, 2.24) is 0 Å². The Bertz CT molecular complexity index is 710. The van der Waals surface area contributed by atoms with E-state index >= 15 is 0 Å². The molecule has 2 saturated carbocycles. The first-order valence-corrected chi connectivity index (χ1v) is 13.1. The van der Waals surface area contributed by atoms with E-state index in [0.29, 0.717) is 0 Å².